The van der Waals surface area contributed by atoms with Crippen LogP contribution in [0.4, 0.5) is 11.5 Å². The molecule has 9 heteroatoms. The summed E-state index contributed by atoms with van der Waals surface area (Å²) in [6.07, 6.45) is 6.11. The van der Waals surface area contributed by atoms with Crippen molar-refractivity contribution in [2.45, 2.75) is 18.9 Å². The van der Waals surface area contributed by atoms with E-state index in [0.717, 1.165) is 34.5 Å². The Morgan fingerprint density at radius 1 is 1.33 bits per heavy atom. The van der Waals surface area contributed by atoms with E-state index in [1.54, 1.807) is 24.4 Å². The average Bonchev–Trinajstić information content (AvgIpc) is 3.24. The third kappa shape index (κ3) is 2.93. The Labute approximate surface area is 174 Å². The van der Waals surface area contributed by atoms with Gasteiger partial charge in [0.2, 0.25) is 0 Å². The number of methoxy groups -OCH3 is 1. The molecule has 3 aromatic heterocycles. The van der Waals surface area contributed by atoms with Crippen LogP contribution in [-0.4, -0.2) is 71.4 Å². The largest absolute Gasteiger partial charge is 0.385 e. The lowest BCUT2D eigenvalue weighted by molar-refractivity contribution is -0.127. The number of nitrogens with zero attached hydrogens (tertiary/aromatic N) is 5. The summed E-state index contributed by atoms with van der Waals surface area (Å²) < 4.78 is 10.9. The van der Waals surface area contributed by atoms with Crippen LogP contribution in [-0.2, 0) is 14.3 Å². The van der Waals surface area contributed by atoms with Gasteiger partial charge in [-0.3, -0.25) is 4.79 Å². The number of aromatic nitrogens is 4. The molecule has 1 amide bonds. The van der Waals surface area contributed by atoms with Crippen molar-refractivity contribution in [1.29, 1.82) is 0 Å². The van der Waals surface area contributed by atoms with E-state index >= 15 is 0 Å². The van der Waals surface area contributed by atoms with Crippen LogP contribution >= 0.6 is 0 Å². The topological polar surface area (TPSA) is 96.5 Å². The number of morpholine rings is 1. The van der Waals surface area contributed by atoms with E-state index in [2.05, 4.69) is 19.9 Å². The van der Waals surface area contributed by atoms with Crippen LogP contribution in [0.2, 0.25) is 0 Å². The van der Waals surface area contributed by atoms with Gasteiger partial charge in [0.1, 0.15) is 16.9 Å². The maximum atomic E-state index is 13.4. The number of anilines is 2. The summed E-state index contributed by atoms with van der Waals surface area (Å²) in [5.41, 5.74) is 1.61. The van der Waals surface area contributed by atoms with Gasteiger partial charge in [0, 0.05) is 50.1 Å². The normalized spacial score (nSPS) is 21.1. The van der Waals surface area contributed by atoms with Crippen molar-refractivity contribution in [2.75, 3.05) is 49.8 Å². The summed E-state index contributed by atoms with van der Waals surface area (Å²) in [5, 5.41) is 1.00. The summed E-state index contributed by atoms with van der Waals surface area (Å²) in [4.78, 5) is 34.3. The summed E-state index contributed by atoms with van der Waals surface area (Å²) >= 11 is 0. The van der Waals surface area contributed by atoms with Crippen molar-refractivity contribution >= 4 is 28.4 Å². The van der Waals surface area contributed by atoms with Gasteiger partial charge < -0.3 is 24.3 Å². The molecule has 9 nitrogen and oxygen atoms in total. The maximum Gasteiger partial charge on any atom is 0.255 e. The molecule has 0 spiro atoms. The molecule has 3 aromatic rings. The second-order valence-corrected chi connectivity index (χ2v) is 7.82. The van der Waals surface area contributed by atoms with Crippen LogP contribution in [0.1, 0.15) is 13.3 Å². The zero-order valence-corrected chi connectivity index (χ0v) is 17.1. The van der Waals surface area contributed by atoms with Gasteiger partial charge in [0.25, 0.3) is 5.91 Å². The molecule has 5 rings (SSSR count). The number of nitrogens with one attached hydrogen (secondary N) is 1. The van der Waals surface area contributed by atoms with Crippen LogP contribution in [0.3, 0.4) is 0 Å². The number of pyridine rings is 1. The van der Waals surface area contributed by atoms with Gasteiger partial charge in [-0.15, -0.1) is 0 Å². The molecular formula is C21H24N6O3. The molecule has 0 bridgehead atoms. The van der Waals surface area contributed by atoms with Crippen molar-refractivity contribution in [2.24, 2.45) is 0 Å². The van der Waals surface area contributed by atoms with Gasteiger partial charge in [-0.1, -0.05) is 0 Å². The molecule has 0 saturated carbocycles. The molecule has 1 N–H and O–H groups in total. The van der Waals surface area contributed by atoms with Crippen molar-refractivity contribution in [3.63, 3.8) is 0 Å². The van der Waals surface area contributed by atoms with Gasteiger partial charge in [-0.25, -0.2) is 15.0 Å². The highest BCUT2D eigenvalue weighted by molar-refractivity contribution is 6.07. The summed E-state index contributed by atoms with van der Waals surface area (Å²) in [5.74, 6) is 1.36. The Morgan fingerprint density at radius 3 is 3.10 bits per heavy atom. The standard InChI is InChI=1S/C21H24N6O3/c1-21-13-30-9-7-27(21)19-16(26(20(21)28)6-3-8-29-2)12-24-18(25-19)15-10-14-4-5-22-17(14)23-11-15/h4-5,10-12H,3,6-9,13H2,1-2H3,(H,22,23)/t21-/m0/s1. The molecule has 156 valence electrons. The minimum atomic E-state index is -0.785. The first-order valence-corrected chi connectivity index (χ1v) is 10.1. The molecule has 5 heterocycles. The number of hydrogen-bond acceptors (Lipinski definition) is 7. The van der Waals surface area contributed by atoms with E-state index in [-0.39, 0.29) is 5.91 Å². The Balaban J connectivity index is 1.59. The molecule has 1 saturated heterocycles. The SMILES string of the molecule is COCCCN1C(=O)[C@]2(C)COCCN2c2nc(-c3cnc4[nH]ccc4c3)ncc21. The van der Waals surface area contributed by atoms with Crippen LogP contribution < -0.4 is 9.80 Å². The number of fused-ring (bicyclic) bond motifs is 4. The lowest BCUT2D eigenvalue weighted by atomic mass is 9.93. The Hall–Kier alpha value is -3.04. The Kier molecular flexibility index (Phi) is 4.63. The molecule has 2 aliphatic rings. The summed E-state index contributed by atoms with van der Waals surface area (Å²) in [6, 6.07) is 3.99. The Morgan fingerprint density at radius 2 is 2.23 bits per heavy atom. The predicted molar refractivity (Wildman–Crippen MR) is 113 cm³/mol. The van der Waals surface area contributed by atoms with Gasteiger partial charge in [0.05, 0.1) is 19.4 Å². The minimum absolute atomic E-state index is 0.0116. The number of hydrogen-bond donors (Lipinski definition) is 1. The number of carbonyl (C=O) groups excluding carboxylic acids is 1. The molecule has 0 radical (unpaired) electrons. The zero-order valence-electron chi connectivity index (χ0n) is 17.1. The number of ether oxygens (including phenoxy) is 2. The number of aromatic amines is 1. The van der Waals surface area contributed by atoms with E-state index in [1.807, 2.05) is 25.3 Å². The number of amides is 1. The monoisotopic (exact) mass is 408 g/mol. The van der Waals surface area contributed by atoms with Gasteiger partial charge in [0.15, 0.2) is 11.6 Å². The van der Waals surface area contributed by atoms with Crippen LogP contribution in [0.25, 0.3) is 22.4 Å². The van der Waals surface area contributed by atoms with Gasteiger partial charge >= 0.3 is 0 Å². The summed E-state index contributed by atoms with van der Waals surface area (Å²) in [7, 11) is 1.66. The fourth-order valence-electron chi connectivity index (χ4n) is 4.21. The first-order chi connectivity index (χ1) is 14.6. The number of carbonyl (C=O) groups is 1. The highest BCUT2D eigenvalue weighted by Crippen LogP contribution is 2.41. The third-order valence-corrected chi connectivity index (χ3v) is 5.83. The van der Waals surface area contributed by atoms with E-state index in [1.165, 1.54) is 0 Å². The predicted octanol–water partition coefficient (Wildman–Crippen LogP) is 2.00. The molecule has 0 aromatic carbocycles. The minimum Gasteiger partial charge on any atom is -0.385 e. The first-order valence-electron chi connectivity index (χ1n) is 10.1. The van der Waals surface area contributed by atoms with Crippen LogP contribution in [0.15, 0.2) is 30.7 Å². The fraction of sp³-hybridized carbons (Fsp3) is 0.429. The van der Waals surface area contributed by atoms with Gasteiger partial charge in [-0.2, -0.15) is 0 Å². The van der Waals surface area contributed by atoms with E-state index in [4.69, 9.17) is 14.5 Å². The summed E-state index contributed by atoms with van der Waals surface area (Å²) in [6.45, 7) is 4.55. The second kappa shape index (κ2) is 7.33. The van der Waals surface area contributed by atoms with Gasteiger partial charge in [-0.05, 0) is 25.5 Å². The molecule has 30 heavy (non-hydrogen) atoms. The average molecular weight is 408 g/mol. The molecular weight excluding hydrogens is 384 g/mol. The van der Waals surface area contributed by atoms with Crippen LogP contribution in [0, 0.1) is 0 Å². The smallest absolute Gasteiger partial charge is 0.255 e. The first kappa shape index (κ1) is 19.0. The molecule has 2 aliphatic heterocycles. The third-order valence-electron chi connectivity index (χ3n) is 5.83. The van der Waals surface area contributed by atoms with Crippen molar-refractivity contribution < 1.29 is 14.3 Å². The van der Waals surface area contributed by atoms with E-state index < -0.39 is 5.54 Å². The lowest BCUT2D eigenvalue weighted by Gasteiger charge is -2.50. The molecule has 0 aliphatic carbocycles. The molecule has 1 fully saturated rings. The molecule has 1 atom stereocenters. The van der Waals surface area contributed by atoms with Crippen LogP contribution in [0.5, 0.6) is 0 Å². The maximum absolute atomic E-state index is 13.4. The fourth-order valence-corrected chi connectivity index (χ4v) is 4.21. The highest BCUT2D eigenvalue weighted by Gasteiger charge is 2.50. The van der Waals surface area contributed by atoms with Crippen molar-refractivity contribution in [3.8, 4) is 11.4 Å². The quantitative estimate of drug-likeness (QED) is 0.645. The number of rotatable bonds is 5. The zero-order chi connectivity index (χ0) is 20.7. The number of H-pyrrole nitrogens is 1. The van der Waals surface area contributed by atoms with E-state index in [9.17, 15) is 4.79 Å². The van der Waals surface area contributed by atoms with E-state index in [0.29, 0.717) is 38.7 Å². The Bertz CT molecular complexity index is 1100. The second-order valence-electron chi connectivity index (χ2n) is 7.82. The van der Waals surface area contributed by atoms with Crippen molar-refractivity contribution in [1.82, 2.24) is 19.9 Å². The molecule has 0 unspecified atom stereocenters. The lowest BCUT2D eigenvalue weighted by Crippen LogP contribution is -2.67. The highest BCUT2D eigenvalue weighted by atomic mass is 16.5. The van der Waals surface area contributed by atoms with Crippen molar-refractivity contribution in [3.05, 3.63) is 30.7 Å².